The molecule has 1 aromatic carbocycles. The second-order valence-electron chi connectivity index (χ2n) is 4.31. The Balaban J connectivity index is 2.80. The minimum Gasteiger partial charge on any atom is -0.480 e. The fourth-order valence-corrected chi connectivity index (χ4v) is 1.85. The molecule has 88 valence electrons. The summed E-state index contributed by atoms with van der Waals surface area (Å²) in [4.78, 5) is 10.7. The molecule has 0 radical (unpaired) electrons. The van der Waals surface area contributed by atoms with Gasteiger partial charge in [-0.3, -0.25) is 10.1 Å². The molecule has 3 nitrogen and oxygen atoms in total. The molecule has 2 unspecified atom stereocenters. The van der Waals surface area contributed by atoms with E-state index in [-0.39, 0.29) is 6.04 Å². The predicted molar refractivity (Wildman–Crippen MR) is 64.6 cm³/mol. The van der Waals surface area contributed by atoms with Gasteiger partial charge in [-0.2, -0.15) is 0 Å². The fourth-order valence-electron chi connectivity index (χ4n) is 1.85. The van der Waals surface area contributed by atoms with Crippen LogP contribution >= 0.6 is 0 Å². The van der Waals surface area contributed by atoms with Crippen molar-refractivity contribution in [2.24, 2.45) is 0 Å². The number of carboxylic acid groups (broad SMARTS) is 1. The van der Waals surface area contributed by atoms with Gasteiger partial charge in [0.2, 0.25) is 0 Å². The van der Waals surface area contributed by atoms with E-state index in [4.69, 9.17) is 5.11 Å². The lowest BCUT2D eigenvalue weighted by atomic mass is 10.00. The lowest BCUT2D eigenvalue weighted by Gasteiger charge is -2.19. The molecular formula is C13H19NO2. The second-order valence-corrected chi connectivity index (χ2v) is 4.31. The van der Waals surface area contributed by atoms with Crippen LogP contribution in [0, 0.1) is 13.8 Å². The minimum absolute atomic E-state index is 0.0479. The summed E-state index contributed by atoms with van der Waals surface area (Å²) in [5.74, 6) is -0.823. The summed E-state index contributed by atoms with van der Waals surface area (Å²) < 4.78 is 0. The lowest BCUT2D eigenvalue weighted by Crippen LogP contribution is -2.35. The summed E-state index contributed by atoms with van der Waals surface area (Å²) >= 11 is 0. The van der Waals surface area contributed by atoms with Crippen molar-refractivity contribution in [1.82, 2.24) is 5.32 Å². The SMILES string of the molecule is Cc1ccc(C(C)NC(C)C(=O)O)c(C)c1. The second kappa shape index (κ2) is 5.12. The number of benzene rings is 1. The van der Waals surface area contributed by atoms with Gasteiger partial charge in [0.15, 0.2) is 0 Å². The maximum atomic E-state index is 10.7. The van der Waals surface area contributed by atoms with Crippen LogP contribution in [0.5, 0.6) is 0 Å². The summed E-state index contributed by atoms with van der Waals surface area (Å²) in [7, 11) is 0. The molecule has 1 aromatic rings. The van der Waals surface area contributed by atoms with Crippen LogP contribution in [0.4, 0.5) is 0 Å². The van der Waals surface area contributed by atoms with Crippen LogP contribution in [0.25, 0.3) is 0 Å². The molecule has 2 atom stereocenters. The van der Waals surface area contributed by atoms with E-state index in [0.29, 0.717) is 0 Å². The maximum Gasteiger partial charge on any atom is 0.320 e. The first-order valence-corrected chi connectivity index (χ1v) is 5.48. The van der Waals surface area contributed by atoms with Crippen LogP contribution in [0.2, 0.25) is 0 Å². The van der Waals surface area contributed by atoms with Gasteiger partial charge in [0.25, 0.3) is 0 Å². The first-order chi connectivity index (χ1) is 7.41. The van der Waals surface area contributed by atoms with Crippen LogP contribution in [0.3, 0.4) is 0 Å². The van der Waals surface area contributed by atoms with Gasteiger partial charge in [0, 0.05) is 6.04 Å². The average Bonchev–Trinajstić information content (AvgIpc) is 2.16. The highest BCUT2D eigenvalue weighted by molar-refractivity contribution is 5.72. The van der Waals surface area contributed by atoms with Crippen molar-refractivity contribution in [3.05, 3.63) is 34.9 Å². The molecule has 0 aliphatic heterocycles. The van der Waals surface area contributed by atoms with Crippen molar-refractivity contribution in [2.75, 3.05) is 0 Å². The highest BCUT2D eigenvalue weighted by Crippen LogP contribution is 2.18. The molecule has 0 amide bonds. The zero-order chi connectivity index (χ0) is 12.3. The summed E-state index contributed by atoms with van der Waals surface area (Å²) in [6.07, 6.45) is 0. The molecule has 16 heavy (non-hydrogen) atoms. The number of aryl methyl sites for hydroxylation is 2. The standard InChI is InChI=1S/C13H19NO2/c1-8-5-6-12(9(2)7-8)10(3)14-11(4)13(15)16/h5-7,10-11,14H,1-4H3,(H,15,16). The lowest BCUT2D eigenvalue weighted by molar-refractivity contribution is -0.139. The molecular weight excluding hydrogens is 202 g/mol. The normalized spacial score (nSPS) is 14.5. The number of carbonyl (C=O) groups is 1. The third-order valence-electron chi connectivity index (χ3n) is 2.76. The quantitative estimate of drug-likeness (QED) is 0.821. The molecule has 0 aromatic heterocycles. The first-order valence-electron chi connectivity index (χ1n) is 5.48. The van der Waals surface area contributed by atoms with Crippen molar-refractivity contribution in [1.29, 1.82) is 0 Å². The average molecular weight is 221 g/mol. The largest absolute Gasteiger partial charge is 0.480 e. The van der Waals surface area contributed by atoms with E-state index in [2.05, 4.69) is 24.4 Å². The molecule has 3 heteroatoms. The summed E-state index contributed by atoms with van der Waals surface area (Å²) in [6, 6.07) is 5.73. The van der Waals surface area contributed by atoms with Crippen LogP contribution in [-0.2, 0) is 4.79 Å². The van der Waals surface area contributed by atoms with E-state index in [1.807, 2.05) is 19.9 Å². The van der Waals surface area contributed by atoms with Crippen LogP contribution in [-0.4, -0.2) is 17.1 Å². The number of carboxylic acids is 1. The number of aliphatic carboxylic acids is 1. The summed E-state index contributed by atoms with van der Waals surface area (Å²) in [5.41, 5.74) is 3.57. The van der Waals surface area contributed by atoms with Crippen molar-refractivity contribution in [2.45, 2.75) is 39.8 Å². The van der Waals surface area contributed by atoms with Gasteiger partial charge in [0.05, 0.1) is 0 Å². The molecule has 1 rings (SSSR count). The first kappa shape index (κ1) is 12.7. The Hall–Kier alpha value is -1.35. The number of nitrogens with one attached hydrogen (secondary N) is 1. The number of hydrogen-bond acceptors (Lipinski definition) is 2. The molecule has 0 aliphatic carbocycles. The smallest absolute Gasteiger partial charge is 0.320 e. The molecule has 0 aliphatic rings. The zero-order valence-electron chi connectivity index (χ0n) is 10.2. The highest BCUT2D eigenvalue weighted by Gasteiger charge is 2.15. The van der Waals surface area contributed by atoms with Crippen LogP contribution < -0.4 is 5.32 Å². The van der Waals surface area contributed by atoms with Gasteiger partial charge in [-0.1, -0.05) is 23.8 Å². The zero-order valence-corrected chi connectivity index (χ0v) is 10.2. The van der Waals surface area contributed by atoms with Crippen LogP contribution in [0.1, 0.15) is 36.6 Å². The van der Waals surface area contributed by atoms with Crippen molar-refractivity contribution in [3.8, 4) is 0 Å². The van der Waals surface area contributed by atoms with E-state index in [0.717, 1.165) is 5.56 Å². The van der Waals surface area contributed by atoms with E-state index in [1.165, 1.54) is 11.1 Å². The van der Waals surface area contributed by atoms with E-state index >= 15 is 0 Å². The van der Waals surface area contributed by atoms with E-state index in [1.54, 1.807) is 6.92 Å². The van der Waals surface area contributed by atoms with E-state index < -0.39 is 12.0 Å². The molecule has 2 N–H and O–H groups in total. The van der Waals surface area contributed by atoms with Crippen molar-refractivity contribution >= 4 is 5.97 Å². The fraction of sp³-hybridized carbons (Fsp3) is 0.462. The Morgan fingerprint density at radius 2 is 1.94 bits per heavy atom. The van der Waals surface area contributed by atoms with Crippen molar-refractivity contribution < 1.29 is 9.90 Å². The Morgan fingerprint density at radius 1 is 1.31 bits per heavy atom. The Morgan fingerprint density at radius 3 is 2.44 bits per heavy atom. The van der Waals surface area contributed by atoms with Gasteiger partial charge >= 0.3 is 5.97 Å². The predicted octanol–water partition coefficient (Wildman–Crippen LogP) is 2.43. The Bertz CT molecular complexity index is 388. The third-order valence-corrected chi connectivity index (χ3v) is 2.76. The van der Waals surface area contributed by atoms with Gasteiger partial charge in [-0.15, -0.1) is 0 Å². The highest BCUT2D eigenvalue weighted by atomic mass is 16.4. The summed E-state index contributed by atoms with van der Waals surface area (Å²) in [5, 5.41) is 11.9. The Labute approximate surface area is 96.5 Å². The number of rotatable bonds is 4. The molecule has 0 saturated carbocycles. The van der Waals surface area contributed by atoms with Crippen LogP contribution in [0.15, 0.2) is 18.2 Å². The maximum absolute atomic E-state index is 10.7. The Kier molecular flexibility index (Phi) is 4.07. The van der Waals surface area contributed by atoms with Gasteiger partial charge in [-0.05, 0) is 38.8 Å². The monoisotopic (exact) mass is 221 g/mol. The van der Waals surface area contributed by atoms with Gasteiger partial charge in [0.1, 0.15) is 6.04 Å². The third kappa shape index (κ3) is 3.07. The molecule has 0 heterocycles. The molecule has 0 fully saturated rings. The summed E-state index contributed by atoms with van der Waals surface area (Å²) in [6.45, 7) is 7.74. The molecule has 0 saturated heterocycles. The van der Waals surface area contributed by atoms with Gasteiger partial charge in [-0.25, -0.2) is 0 Å². The van der Waals surface area contributed by atoms with Crippen molar-refractivity contribution in [3.63, 3.8) is 0 Å². The topological polar surface area (TPSA) is 49.3 Å². The number of hydrogen-bond donors (Lipinski definition) is 2. The van der Waals surface area contributed by atoms with E-state index in [9.17, 15) is 4.79 Å². The molecule has 0 bridgehead atoms. The van der Waals surface area contributed by atoms with Gasteiger partial charge < -0.3 is 5.11 Å². The minimum atomic E-state index is -0.823. The molecule has 0 spiro atoms.